The number of amides is 2. The van der Waals surface area contributed by atoms with Gasteiger partial charge in [0.1, 0.15) is 11.7 Å². The third-order valence-corrected chi connectivity index (χ3v) is 6.48. The lowest BCUT2D eigenvalue weighted by atomic mass is 9.97. The van der Waals surface area contributed by atoms with Crippen LogP contribution < -0.4 is 10.6 Å². The maximum atomic E-state index is 13.3. The minimum atomic E-state index is -0.601. The van der Waals surface area contributed by atoms with E-state index >= 15 is 0 Å². The minimum absolute atomic E-state index is 0.125. The number of likely N-dealkylation sites (tertiary alicyclic amines) is 1. The van der Waals surface area contributed by atoms with Crippen molar-refractivity contribution in [2.24, 2.45) is 13.0 Å². The van der Waals surface area contributed by atoms with E-state index in [0.717, 1.165) is 62.6 Å². The Bertz CT molecular complexity index is 1160. The predicted molar refractivity (Wildman–Crippen MR) is 122 cm³/mol. The summed E-state index contributed by atoms with van der Waals surface area (Å²) in [6.07, 6.45) is 8.86. The number of rotatable bonds is 5. The molecule has 3 aromatic heterocycles. The number of carbonyl (C=O) groups is 2. The maximum absolute atomic E-state index is 13.3. The number of aromatic nitrogens is 5. The molecule has 0 spiro atoms. The first-order chi connectivity index (χ1) is 16.1. The van der Waals surface area contributed by atoms with E-state index in [1.165, 1.54) is 0 Å². The molecule has 2 aliphatic heterocycles. The third-order valence-electron chi connectivity index (χ3n) is 6.48. The van der Waals surface area contributed by atoms with E-state index in [1.807, 2.05) is 25.4 Å². The van der Waals surface area contributed by atoms with Gasteiger partial charge in [0.05, 0.1) is 17.6 Å². The first-order valence-electron chi connectivity index (χ1n) is 11.5. The molecule has 0 aliphatic carbocycles. The Balaban J connectivity index is 1.44. The fourth-order valence-electron chi connectivity index (χ4n) is 4.67. The van der Waals surface area contributed by atoms with E-state index in [-0.39, 0.29) is 17.7 Å². The lowest BCUT2D eigenvalue weighted by Crippen LogP contribution is -2.46. The van der Waals surface area contributed by atoms with Crippen LogP contribution in [0.3, 0.4) is 0 Å². The normalized spacial score (nSPS) is 18.5. The number of carbonyl (C=O) groups excluding carboxylic acids is 2. The van der Waals surface area contributed by atoms with Gasteiger partial charge < -0.3 is 5.32 Å². The van der Waals surface area contributed by atoms with Crippen molar-refractivity contribution in [3.8, 4) is 11.4 Å². The van der Waals surface area contributed by atoms with Gasteiger partial charge >= 0.3 is 0 Å². The summed E-state index contributed by atoms with van der Waals surface area (Å²) < 4.78 is 1.63. The molecule has 0 saturated carbocycles. The summed E-state index contributed by atoms with van der Waals surface area (Å²) in [6, 6.07) is 3.26. The van der Waals surface area contributed by atoms with Gasteiger partial charge in [-0.05, 0) is 69.4 Å². The molecule has 10 heteroatoms. The summed E-state index contributed by atoms with van der Waals surface area (Å²) in [7, 11) is 1.81. The molecule has 33 heavy (non-hydrogen) atoms. The van der Waals surface area contributed by atoms with Crippen molar-refractivity contribution in [3.63, 3.8) is 0 Å². The largest absolute Gasteiger partial charge is 0.317 e. The average Bonchev–Trinajstić information content (AvgIpc) is 3.51. The Morgan fingerprint density at radius 1 is 1.06 bits per heavy atom. The van der Waals surface area contributed by atoms with Gasteiger partial charge in [0.15, 0.2) is 0 Å². The lowest BCUT2D eigenvalue weighted by molar-refractivity contribution is -0.136. The predicted octanol–water partition coefficient (Wildman–Crippen LogP) is 1.20. The van der Waals surface area contributed by atoms with Gasteiger partial charge in [-0.3, -0.25) is 34.5 Å². The number of piperidine rings is 1. The molecule has 2 fully saturated rings. The highest BCUT2D eigenvalue weighted by molar-refractivity contribution is 5.99. The minimum Gasteiger partial charge on any atom is -0.317 e. The second-order valence-electron chi connectivity index (χ2n) is 8.83. The average molecular weight is 449 g/mol. The fraction of sp³-hybridized carbons (Fsp3) is 0.478. The number of fused-ring (bicyclic) bond motifs is 1. The van der Waals surface area contributed by atoms with Crippen molar-refractivity contribution in [3.05, 3.63) is 36.4 Å². The number of imide groups is 1. The molecular weight excluding hydrogens is 420 g/mol. The van der Waals surface area contributed by atoms with Crippen LogP contribution >= 0.6 is 0 Å². The van der Waals surface area contributed by atoms with Crippen molar-refractivity contribution in [1.82, 2.24) is 40.5 Å². The van der Waals surface area contributed by atoms with Crippen LogP contribution in [0.5, 0.6) is 0 Å². The summed E-state index contributed by atoms with van der Waals surface area (Å²) in [6.45, 7) is 3.22. The molecule has 2 saturated heterocycles. The van der Waals surface area contributed by atoms with Gasteiger partial charge in [0.2, 0.25) is 11.8 Å². The summed E-state index contributed by atoms with van der Waals surface area (Å²) in [4.78, 5) is 37.3. The maximum Gasteiger partial charge on any atom is 0.250 e. The first kappa shape index (κ1) is 21.6. The number of hydrogen-bond acceptors (Lipinski definition) is 8. The van der Waals surface area contributed by atoms with Crippen LogP contribution in [0.25, 0.3) is 22.2 Å². The van der Waals surface area contributed by atoms with Gasteiger partial charge in [-0.15, -0.1) is 5.10 Å². The molecule has 0 aromatic carbocycles. The fourth-order valence-corrected chi connectivity index (χ4v) is 4.67. The van der Waals surface area contributed by atoms with Crippen LogP contribution in [0, 0.1) is 5.92 Å². The molecule has 2 aliphatic rings. The molecule has 172 valence electrons. The zero-order chi connectivity index (χ0) is 22.8. The van der Waals surface area contributed by atoms with Crippen LogP contribution in [-0.4, -0.2) is 67.9 Å². The van der Waals surface area contributed by atoms with Crippen LogP contribution in [0.2, 0.25) is 0 Å². The summed E-state index contributed by atoms with van der Waals surface area (Å²) in [5.41, 5.74) is 2.02. The molecule has 1 atom stereocenters. The zero-order valence-corrected chi connectivity index (χ0v) is 18.7. The standard InChI is InChI=1S/C23H28N8O2/c1-30-14-20(28-29-30)18-10-16-11-19(26-13-17(16)12-25-18)21(31-8-2-3-9-31)23(33)27-22(32)15-4-6-24-7-5-15/h10-15,21,24H,2-9H2,1H3,(H,27,32,33). The highest BCUT2D eigenvalue weighted by Gasteiger charge is 2.33. The highest BCUT2D eigenvalue weighted by atomic mass is 16.2. The van der Waals surface area contributed by atoms with Gasteiger partial charge in [-0.25, -0.2) is 0 Å². The SMILES string of the molecule is Cn1cc(-c2cc3cc(C(C(=O)NC(=O)C4CCNCC4)N4CCCC4)ncc3cn2)nn1. The summed E-state index contributed by atoms with van der Waals surface area (Å²) >= 11 is 0. The Hall–Kier alpha value is -3.24. The number of hydrogen-bond donors (Lipinski definition) is 2. The Kier molecular flexibility index (Phi) is 6.10. The molecule has 1 unspecified atom stereocenters. The quantitative estimate of drug-likeness (QED) is 0.598. The lowest BCUT2D eigenvalue weighted by Gasteiger charge is -2.27. The molecule has 0 bridgehead atoms. The Labute approximate surface area is 191 Å². The molecule has 0 radical (unpaired) electrons. The zero-order valence-electron chi connectivity index (χ0n) is 18.7. The van der Waals surface area contributed by atoms with Gasteiger partial charge in [0, 0.05) is 30.7 Å². The molecule has 10 nitrogen and oxygen atoms in total. The molecule has 5 heterocycles. The van der Waals surface area contributed by atoms with Crippen LogP contribution in [-0.2, 0) is 16.6 Å². The summed E-state index contributed by atoms with van der Waals surface area (Å²) in [5.74, 6) is -0.601. The van der Waals surface area contributed by atoms with Crippen LogP contribution in [0.1, 0.15) is 37.4 Å². The molecule has 5 rings (SSSR count). The topological polar surface area (TPSA) is 118 Å². The second-order valence-corrected chi connectivity index (χ2v) is 8.83. The van der Waals surface area contributed by atoms with E-state index in [2.05, 4.69) is 35.8 Å². The van der Waals surface area contributed by atoms with Crippen molar-refractivity contribution < 1.29 is 9.59 Å². The van der Waals surface area contributed by atoms with E-state index in [9.17, 15) is 9.59 Å². The third kappa shape index (κ3) is 4.62. The van der Waals surface area contributed by atoms with Crippen molar-refractivity contribution in [2.45, 2.75) is 31.7 Å². The smallest absolute Gasteiger partial charge is 0.250 e. The number of aryl methyl sites for hydroxylation is 1. The number of pyridine rings is 2. The van der Waals surface area contributed by atoms with Crippen molar-refractivity contribution >= 4 is 22.6 Å². The van der Waals surface area contributed by atoms with Crippen LogP contribution in [0.4, 0.5) is 0 Å². The van der Waals surface area contributed by atoms with E-state index in [1.54, 1.807) is 17.1 Å². The van der Waals surface area contributed by atoms with E-state index in [0.29, 0.717) is 17.1 Å². The molecule has 2 N–H and O–H groups in total. The molecule has 3 aromatic rings. The summed E-state index contributed by atoms with van der Waals surface area (Å²) in [5, 5.41) is 15.9. The van der Waals surface area contributed by atoms with Crippen molar-refractivity contribution in [1.29, 1.82) is 0 Å². The van der Waals surface area contributed by atoms with Crippen LogP contribution in [0.15, 0.2) is 30.7 Å². The monoisotopic (exact) mass is 448 g/mol. The Morgan fingerprint density at radius 3 is 2.55 bits per heavy atom. The Morgan fingerprint density at radius 2 is 1.82 bits per heavy atom. The van der Waals surface area contributed by atoms with E-state index < -0.39 is 6.04 Å². The second kappa shape index (κ2) is 9.32. The number of nitrogens with zero attached hydrogens (tertiary/aromatic N) is 6. The first-order valence-corrected chi connectivity index (χ1v) is 11.5. The highest BCUT2D eigenvalue weighted by Crippen LogP contribution is 2.28. The van der Waals surface area contributed by atoms with Gasteiger partial charge in [-0.1, -0.05) is 5.21 Å². The number of nitrogens with one attached hydrogen (secondary N) is 2. The van der Waals surface area contributed by atoms with Gasteiger partial charge in [-0.2, -0.15) is 0 Å². The molecule has 2 amide bonds. The molecular formula is C23H28N8O2. The van der Waals surface area contributed by atoms with Gasteiger partial charge in [0.25, 0.3) is 0 Å². The van der Waals surface area contributed by atoms with E-state index in [4.69, 9.17) is 0 Å². The van der Waals surface area contributed by atoms with Crippen molar-refractivity contribution in [2.75, 3.05) is 26.2 Å².